The Morgan fingerprint density at radius 1 is 1.00 bits per heavy atom. The number of halogens is 5. The maximum Gasteiger partial charge on any atom is 0.573 e. The van der Waals surface area contributed by atoms with E-state index in [1.165, 1.54) is 48.5 Å². The number of carbonyl (C=O) groups is 1. The summed E-state index contributed by atoms with van der Waals surface area (Å²) in [5.41, 5.74) is 2.32. The molecule has 1 heterocycles. The molecule has 240 valence electrons. The monoisotopic (exact) mass is 632 g/mol. The van der Waals surface area contributed by atoms with Gasteiger partial charge in [-0.25, -0.2) is 4.98 Å². The molecule has 45 heavy (non-hydrogen) atoms. The van der Waals surface area contributed by atoms with Crippen molar-refractivity contribution in [3.63, 3.8) is 0 Å². The number of benzene rings is 3. The number of hydrogen-bond donors (Lipinski definition) is 2. The van der Waals surface area contributed by atoms with Gasteiger partial charge in [-0.05, 0) is 79.1 Å². The van der Waals surface area contributed by atoms with Crippen LogP contribution in [0.4, 0.5) is 39.3 Å². The molecule has 0 aliphatic heterocycles. The van der Waals surface area contributed by atoms with E-state index >= 15 is 0 Å². The zero-order valence-corrected chi connectivity index (χ0v) is 24.8. The third kappa shape index (κ3) is 8.55. The molecule has 5 rings (SSSR count). The number of imidazole rings is 1. The number of rotatable bonds is 10. The Balaban J connectivity index is 1.36. The quantitative estimate of drug-likeness (QED) is 0.170. The highest BCUT2D eigenvalue weighted by atomic mass is 19.4. The number of fused-ring (bicyclic) bond motifs is 1. The summed E-state index contributed by atoms with van der Waals surface area (Å²) < 4.78 is 79.1. The average molecular weight is 633 g/mol. The predicted molar refractivity (Wildman–Crippen MR) is 159 cm³/mol. The fourth-order valence-electron chi connectivity index (χ4n) is 6.08. The van der Waals surface area contributed by atoms with Gasteiger partial charge in [0.15, 0.2) is 6.61 Å². The summed E-state index contributed by atoms with van der Waals surface area (Å²) in [7, 11) is 0. The second-order valence-electron chi connectivity index (χ2n) is 12.0. The average Bonchev–Trinajstić information content (AvgIpc) is 3.28. The lowest BCUT2D eigenvalue weighted by atomic mass is 9.70. The van der Waals surface area contributed by atoms with Crippen molar-refractivity contribution in [1.29, 1.82) is 0 Å². The number of amides is 1. The van der Waals surface area contributed by atoms with Crippen LogP contribution in [0.1, 0.15) is 46.1 Å². The zero-order chi connectivity index (χ0) is 32.4. The first-order chi connectivity index (χ1) is 21.2. The van der Waals surface area contributed by atoms with E-state index in [0.717, 1.165) is 24.8 Å². The van der Waals surface area contributed by atoms with E-state index in [1.807, 2.05) is 6.07 Å². The second kappa shape index (κ2) is 12.8. The van der Waals surface area contributed by atoms with Crippen molar-refractivity contribution in [2.75, 3.05) is 17.2 Å². The number of alkyl halides is 5. The van der Waals surface area contributed by atoms with Gasteiger partial charge in [0, 0.05) is 29.5 Å². The van der Waals surface area contributed by atoms with Gasteiger partial charge in [0.25, 0.3) is 5.91 Å². The Kier molecular flexibility index (Phi) is 9.08. The van der Waals surface area contributed by atoms with Gasteiger partial charge in [-0.1, -0.05) is 26.8 Å². The number of aromatic nitrogens is 2. The highest BCUT2D eigenvalue weighted by molar-refractivity contribution is 5.92. The third-order valence-electron chi connectivity index (χ3n) is 7.45. The van der Waals surface area contributed by atoms with Gasteiger partial charge in [-0.3, -0.25) is 4.79 Å². The number of hydrogen-bond acceptors (Lipinski definition) is 6. The van der Waals surface area contributed by atoms with Gasteiger partial charge in [0.2, 0.25) is 5.95 Å². The van der Waals surface area contributed by atoms with Gasteiger partial charge in [-0.2, -0.15) is 8.78 Å². The topological polar surface area (TPSA) is 86.6 Å². The molecular weight excluding hydrogens is 599 g/mol. The van der Waals surface area contributed by atoms with Crippen molar-refractivity contribution in [2.45, 2.75) is 59.0 Å². The van der Waals surface area contributed by atoms with Gasteiger partial charge in [0.05, 0.1) is 11.0 Å². The van der Waals surface area contributed by atoms with Crippen LogP contribution < -0.4 is 24.8 Å². The Labute approximate surface area is 256 Å². The lowest BCUT2D eigenvalue weighted by molar-refractivity contribution is -0.274. The molecule has 0 radical (unpaired) electrons. The fraction of sp³-hybridized carbons (Fsp3) is 0.375. The summed E-state index contributed by atoms with van der Waals surface area (Å²) in [6, 6.07) is 16.5. The summed E-state index contributed by atoms with van der Waals surface area (Å²) in [4.78, 5) is 17.3. The molecule has 1 aliphatic carbocycles. The Hall–Kier alpha value is -4.55. The minimum atomic E-state index is -4.79. The van der Waals surface area contributed by atoms with Gasteiger partial charge < -0.3 is 29.4 Å². The third-order valence-corrected chi connectivity index (χ3v) is 7.45. The fourth-order valence-corrected chi connectivity index (χ4v) is 6.08. The summed E-state index contributed by atoms with van der Waals surface area (Å²) in [6.45, 7) is 3.36. The standard InChI is InChI=1S/C32H33F5N4O4/c1-19-13-22(17-31(2,3)16-19)41-27-12-11-24(43-18-28(42)38-21-5-4-6-25(14-21)44-29(33)34)15-26(27)40-30(41)39-20-7-9-23(10-8-20)45-32(35,36)37/h4-12,14-15,19,22,29H,13,16-18H2,1-3H3,(H,38,42)(H,39,40). The van der Waals surface area contributed by atoms with Crippen molar-refractivity contribution in [1.82, 2.24) is 9.55 Å². The Bertz CT molecular complexity index is 1640. The Morgan fingerprint density at radius 2 is 1.73 bits per heavy atom. The summed E-state index contributed by atoms with van der Waals surface area (Å²) in [5.74, 6) is 0.444. The van der Waals surface area contributed by atoms with E-state index in [-0.39, 0.29) is 35.3 Å². The highest BCUT2D eigenvalue weighted by Gasteiger charge is 2.35. The van der Waals surface area contributed by atoms with Crippen LogP contribution in [0.3, 0.4) is 0 Å². The highest BCUT2D eigenvalue weighted by Crippen LogP contribution is 2.46. The van der Waals surface area contributed by atoms with E-state index in [0.29, 0.717) is 28.8 Å². The molecule has 2 N–H and O–H groups in total. The molecule has 1 amide bonds. The molecule has 3 aromatic carbocycles. The van der Waals surface area contributed by atoms with E-state index in [1.54, 1.807) is 12.1 Å². The maximum atomic E-state index is 12.6. The van der Waals surface area contributed by atoms with Crippen molar-refractivity contribution in [3.05, 3.63) is 66.7 Å². The number of carbonyl (C=O) groups excluding carboxylic acids is 1. The van der Waals surface area contributed by atoms with Crippen LogP contribution >= 0.6 is 0 Å². The molecule has 1 aliphatic rings. The molecule has 0 bridgehead atoms. The number of ether oxygens (including phenoxy) is 3. The lowest BCUT2D eigenvalue weighted by Crippen LogP contribution is -2.29. The number of anilines is 3. The van der Waals surface area contributed by atoms with Gasteiger partial charge >= 0.3 is 13.0 Å². The van der Waals surface area contributed by atoms with E-state index < -0.39 is 18.9 Å². The molecule has 2 atom stereocenters. The summed E-state index contributed by atoms with van der Waals surface area (Å²) in [5, 5.41) is 5.84. The molecule has 13 heteroatoms. The first-order valence-electron chi connectivity index (χ1n) is 14.4. The summed E-state index contributed by atoms with van der Waals surface area (Å²) in [6.07, 6.45) is -1.88. The second-order valence-corrected chi connectivity index (χ2v) is 12.0. The minimum Gasteiger partial charge on any atom is -0.484 e. The molecule has 1 aromatic heterocycles. The number of nitrogens with one attached hydrogen (secondary N) is 2. The van der Waals surface area contributed by atoms with Crippen LogP contribution in [0.2, 0.25) is 0 Å². The van der Waals surface area contributed by atoms with Crippen LogP contribution in [-0.2, 0) is 4.79 Å². The van der Waals surface area contributed by atoms with Crippen molar-refractivity contribution in [3.8, 4) is 17.2 Å². The predicted octanol–water partition coefficient (Wildman–Crippen LogP) is 8.68. The molecule has 0 spiro atoms. The molecule has 2 unspecified atom stereocenters. The molecular formula is C32H33F5N4O4. The Morgan fingerprint density at radius 3 is 2.42 bits per heavy atom. The molecule has 1 fully saturated rings. The van der Waals surface area contributed by atoms with Gasteiger partial charge in [-0.15, -0.1) is 13.2 Å². The number of nitrogens with zero attached hydrogens (tertiary/aromatic N) is 2. The largest absolute Gasteiger partial charge is 0.573 e. The van der Waals surface area contributed by atoms with Gasteiger partial charge in [0.1, 0.15) is 17.2 Å². The smallest absolute Gasteiger partial charge is 0.484 e. The van der Waals surface area contributed by atoms with E-state index in [2.05, 4.69) is 45.4 Å². The van der Waals surface area contributed by atoms with Crippen molar-refractivity contribution < 1.29 is 41.0 Å². The lowest BCUT2D eigenvalue weighted by Gasteiger charge is -2.40. The van der Waals surface area contributed by atoms with Crippen LogP contribution in [0.15, 0.2) is 66.7 Å². The zero-order valence-electron chi connectivity index (χ0n) is 24.8. The summed E-state index contributed by atoms with van der Waals surface area (Å²) >= 11 is 0. The SMILES string of the molecule is CC1CC(n2c(Nc3ccc(OC(F)(F)F)cc3)nc3cc(OCC(=O)Nc4cccc(OC(F)F)c4)ccc32)CC(C)(C)C1. The first kappa shape index (κ1) is 31.9. The van der Waals surface area contributed by atoms with Crippen LogP contribution in [0.5, 0.6) is 17.2 Å². The van der Waals surface area contributed by atoms with E-state index in [4.69, 9.17) is 9.72 Å². The maximum absolute atomic E-state index is 12.6. The van der Waals surface area contributed by atoms with Crippen LogP contribution in [0.25, 0.3) is 11.0 Å². The van der Waals surface area contributed by atoms with Crippen molar-refractivity contribution in [2.24, 2.45) is 11.3 Å². The van der Waals surface area contributed by atoms with Crippen molar-refractivity contribution >= 4 is 34.3 Å². The molecule has 1 saturated carbocycles. The minimum absolute atomic E-state index is 0.0875. The first-order valence-corrected chi connectivity index (χ1v) is 14.4. The molecule has 8 nitrogen and oxygen atoms in total. The molecule has 0 saturated heterocycles. The normalized spacial score (nSPS) is 18.1. The van der Waals surface area contributed by atoms with E-state index in [9.17, 15) is 26.7 Å². The van der Waals surface area contributed by atoms with Crippen LogP contribution in [0, 0.1) is 11.3 Å². The van der Waals surface area contributed by atoms with Crippen LogP contribution in [-0.4, -0.2) is 35.0 Å². The molecule has 4 aromatic rings.